The van der Waals surface area contributed by atoms with Crippen molar-refractivity contribution in [2.45, 2.75) is 26.4 Å². The van der Waals surface area contributed by atoms with Gasteiger partial charge in [0, 0.05) is 25.0 Å². The van der Waals surface area contributed by atoms with Crippen LogP contribution < -0.4 is 15.4 Å². The van der Waals surface area contributed by atoms with Crippen LogP contribution in [0.4, 0.5) is 4.39 Å². The van der Waals surface area contributed by atoms with Crippen LogP contribution in [0.15, 0.2) is 24.4 Å². The summed E-state index contributed by atoms with van der Waals surface area (Å²) in [6.07, 6.45) is 2.80. The van der Waals surface area contributed by atoms with Gasteiger partial charge in [-0.3, -0.25) is 9.78 Å². The van der Waals surface area contributed by atoms with Crippen molar-refractivity contribution in [2.75, 3.05) is 13.7 Å². The molecule has 0 saturated carbocycles. The average Bonchev–Trinajstić information content (AvgIpc) is 2.60. The molecule has 0 saturated heterocycles. The molecule has 1 aromatic carbocycles. The molecule has 1 amide bonds. The fraction of sp³-hybridized carbons (Fsp3) is 0.333. The van der Waals surface area contributed by atoms with Gasteiger partial charge in [0.25, 0.3) is 5.91 Å². The van der Waals surface area contributed by atoms with Gasteiger partial charge in [0.1, 0.15) is 11.6 Å². The number of rotatable bonds is 4. The molecule has 1 aliphatic heterocycles. The van der Waals surface area contributed by atoms with Crippen LogP contribution >= 0.6 is 24.8 Å². The molecule has 1 aromatic heterocycles. The van der Waals surface area contributed by atoms with E-state index in [2.05, 4.69) is 15.6 Å². The van der Waals surface area contributed by atoms with Crippen molar-refractivity contribution in [3.05, 3.63) is 58.2 Å². The summed E-state index contributed by atoms with van der Waals surface area (Å²) in [5, 5.41) is 6.18. The summed E-state index contributed by atoms with van der Waals surface area (Å²) in [4.78, 5) is 16.9. The van der Waals surface area contributed by atoms with E-state index >= 15 is 0 Å². The van der Waals surface area contributed by atoms with Crippen LogP contribution in [0.25, 0.3) is 0 Å². The molecule has 1 aliphatic rings. The number of methoxy groups -OCH3 is 1. The zero-order chi connectivity index (χ0) is 17.1. The molecule has 0 fully saturated rings. The maximum atomic E-state index is 13.4. The Labute approximate surface area is 164 Å². The Balaban J connectivity index is 0.00000169. The number of halogens is 3. The molecular formula is C18H22Cl2FN3O2. The first kappa shape index (κ1) is 22.2. The van der Waals surface area contributed by atoms with Crippen LogP contribution in [-0.2, 0) is 19.5 Å². The Morgan fingerprint density at radius 3 is 2.88 bits per heavy atom. The second-order valence-electron chi connectivity index (χ2n) is 5.78. The standard InChI is InChI=1S/C18H20FN3O2.2ClH/c1-11-16(14-5-6-20-8-12(14)9-21-11)10-22-18(23)15-7-13(19)3-4-17(15)24-2;;/h3-4,7,9,20H,5-6,8,10H2,1-2H3,(H,22,23);2*1H. The summed E-state index contributed by atoms with van der Waals surface area (Å²) >= 11 is 0. The molecule has 0 aliphatic carbocycles. The normalized spacial score (nSPS) is 12.3. The molecule has 0 atom stereocenters. The lowest BCUT2D eigenvalue weighted by Crippen LogP contribution is -2.29. The molecule has 0 bridgehead atoms. The average molecular weight is 402 g/mol. The minimum absolute atomic E-state index is 0. The predicted octanol–water partition coefficient (Wildman–Crippen LogP) is 2.96. The highest BCUT2D eigenvalue weighted by Gasteiger charge is 2.18. The number of nitrogens with zero attached hydrogens (tertiary/aromatic N) is 1. The fourth-order valence-electron chi connectivity index (χ4n) is 3.00. The van der Waals surface area contributed by atoms with E-state index in [-0.39, 0.29) is 36.3 Å². The van der Waals surface area contributed by atoms with Gasteiger partial charge in [0.05, 0.1) is 12.7 Å². The largest absolute Gasteiger partial charge is 0.496 e. The molecule has 5 nitrogen and oxygen atoms in total. The van der Waals surface area contributed by atoms with Gasteiger partial charge in [-0.1, -0.05) is 0 Å². The monoisotopic (exact) mass is 401 g/mol. The number of aryl methyl sites for hydroxylation is 1. The van der Waals surface area contributed by atoms with E-state index in [9.17, 15) is 9.18 Å². The van der Waals surface area contributed by atoms with Crippen molar-refractivity contribution in [3.63, 3.8) is 0 Å². The first-order valence-corrected chi connectivity index (χ1v) is 7.89. The molecule has 2 heterocycles. The van der Waals surface area contributed by atoms with E-state index in [1.54, 1.807) is 0 Å². The van der Waals surface area contributed by atoms with Gasteiger partial charge in [-0.25, -0.2) is 4.39 Å². The molecule has 0 spiro atoms. The number of benzene rings is 1. The first-order valence-electron chi connectivity index (χ1n) is 7.89. The Morgan fingerprint density at radius 2 is 2.15 bits per heavy atom. The van der Waals surface area contributed by atoms with E-state index in [0.29, 0.717) is 12.3 Å². The molecule has 2 aromatic rings. The highest BCUT2D eigenvalue weighted by molar-refractivity contribution is 5.96. The van der Waals surface area contributed by atoms with Crippen LogP contribution in [0.3, 0.4) is 0 Å². The molecule has 2 N–H and O–H groups in total. The molecule has 0 radical (unpaired) electrons. The van der Waals surface area contributed by atoms with Gasteiger partial charge >= 0.3 is 0 Å². The van der Waals surface area contributed by atoms with Crippen molar-refractivity contribution >= 4 is 30.7 Å². The van der Waals surface area contributed by atoms with Crippen LogP contribution in [0.5, 0.6) is 5.75 Å². The van der Waals surface area contributed by atoms with E-state index in [1.807, 2.05) is 13.1 Å². The van der Waals surface area contributed by atoms with Crippen LogP contribution in [0.1, 0.15) is 32.7 Å². The third-order valence-electron chi connectivity index (χ3n) is 4.30. The quantitative estimate of drug-likeness (QED) is 0.826. The highest BCUT2D eigenvalue weighted by atomic mass is 35.5. The minimum Gasteiger partial charge on any atom is -0.496 e. The van der Waals surface area contributed by atoms with Crippen molar-refractivity contribution in [3.8, 4) is 5.75 Å². The molecule has 0 unspecified atom stereocenters. The topological polar surface area (TPSA) is 63.2 Å². The Hall–Kier alpha value is -1.89. The Kier molecular flexibility index (Phi) is 8.27. The van der Waals surface area contributed by atoms with Gasteiger partial charge in [0.2, 0.25) is 0 Å². The lowest BCUT2D eigenvalue weighted by Gasteiger charge is -2.21. The number of aromatic nitrogens is 1. The lowest BCUT2D eigenvalue weighted by molar-refractivity contribution is 0.0947. The third kappa shape index (κ3) is 4.63. The maximum absolute atomic E-state index is 13.4. The third-order valence-corrected chi connectivity index (χ3v) is 4.30. The van der Waals surface area contributed by atoms with Gasteiger partial charge in [-0.2, -0.15) is 0 Å². The first-order chi connectivity index (χ1) is 11.6. The van der Waals surface area contributed by atoms with Crippen molar-refractivity contribution < 1.29 is 13.9 Å². The smallest absolute Gasteiger partial charge is 0.255 e. The number of pyridine rings is 1. The zero-order valence-electron chi connectivity index (χ0n) is 14.6. The van der Waals surface area contributed by atoms with E-state index in [0.717, 1.165) is 30.8 Å². The summed E-state index contributed by atoms with van der Waals surface area (Å²) in [5.74, 6) is -0.484. The summed E-state index contributed by atoms with van der Waals surface area (Å²) in [6, 6.07) is 3.90. The van der Waals surface area contributed by atoms with E-state index in [4.69, 9.17) is 4.74 Å². The van der Waals surface area contributed by atoms with Crippen LogP contribution in [0.2, 0.25) is 0 Å². The SMILES string of the molecule is COc1ccc(F)cc1C(=O)NCc1c(C)ncc2c1CCNC2.Cl.Cl. The number of fused-ring (bicyclic) bond motifs is 1. The number of carbonyl (C=O) groups is 1. The molecule has 26 heavy (non-hydrogen) atoms. The van der Waals surface area contributed by atoms with Crippen molar-refractivity contribution in [1.29, 1.82) is 0 Å². The number of nitrogens with one attached hydrogen (secondary N) is 2. The van der Waals surface area contributed by atoms with E-state index < -0.39 is 5.82 Å². The van der Waals surface area contributed by atoms with Gasteiger partial charge in [0.15, 0.2) is 0 Å². The van der Waals surface area contributed by atoms with E-state index in [1.165, 1.54) is 36.4 Å². The van der Waals surface area contributed by atoms with Gasteiger partial charge in [-0.15, -0.1) is 24.8 Å². The van der Waals surface area contributed by atoms with Crippen molar-refractivity contribution in [2.24, 2.45) is 0 Å². The van der Waals surface area contributed by atoms with Crippen molar-refractivity contribution in [1.82, 2.24) is 15.6 Å². The number of ether oxygens (including phenoxy) is 1. The molecule has 142 valence electrons. The predicted molar refractivity (Wildman–Crippen MR) is 103 cm³/mol. The Morgan fingerprint density at radius 1 is 1.38 bits per heavy atom. The maximum Gasteiger partial charge on any atom is 0.255 e. The van der Waals surface area contributed by atoms with Gasteiger partial charge in [-0.05, 0) is 54.8 Å². The van der Waals surface area contributed by atoms with Crippen LogP contribution in [-0.4, -0.2) is 24.5 Å². The zero-order valence-corrected chi connectivity index (χ0v) is 16.2. The summed E-state index contributed by atoms with van der Waals surface area (Å²) < 4.78 is 18.6. The molecule has 3 rings (SSSR count). The highest BCUT2D eigenvalue weighted by Crippen LogP contribution is 2.22. The summed E-state index contributed by atoms with van der Waals surface area (Å²) in [6.45, 7) is 4.00. The lowest BCUT2D eigenvalue weighted by atomic mass is 9.96. The Bertz CT molecular complexity index is 787. The molecule has 8 heteroatoms. The van der Waals surface area contributed by atoms with Crippen LogP contribution in [0, 0.1) is 12.7 Å². The summed E-state index contributed by atoms with van der Waals surface area (Å²) in [5.41, 5.74) is 4.54. The number of hydrogen-bond acceptors (Lipinski definition) is 4. The van der Waals surface area contributed by atoms with Gasteiger partial charge < -0.3 is 15.4 Å². The summed E-state index contributed by atoms with van der Waals surface area (Å²) in [7, 11) is 1.46. The minimum atomic E-state index is -0.470. The second kappa shape index (κ2) is 9.71. The number of amides is 1. The number of hydrogen-bond donors (Lipinski definition) is 2. The fourth-order valence-corrected chi connectivity index (χ4v) is 3.00. The second-order valence-corrected chi connectivity index (χ2v) is 5.78. The number of carbonyl (C=O) groups excluding carboxylic acids is 1. The molecular weight excluding hydrogens is 380 g/mol.